The highest BCUT2D eigenvalue weighted by Crippen LogP contribution is 2.38. The van der Waals surface area contributed by atoms with Crippen molar-refractivity contribution >= 4 is 11.8 Å². The Morgan fingerprint density at radius 1 is 1.11 bits per heavy atom. The van der Waals surface area contributed by atoms with Gasteiger partial charge >= 0.3 is 0 Å². The van der Waals surface area contributed by atoms with Crippen LogP contribution in [-0.2, 0) is 20.9 Å². The Morgan fingerprint density at radius 2 is 1.86 bits per heavy atom. The molecule has 0 saturated carbocycles. The summed E-state index contributed by atoms with van der Waals surface area (Å²) in [7, 11) is 0. The van der Waals surface area contributed by atoms with E-state index in [4.69, 9.17) is 9.47 Å². The molecule has 35 heavy (non-hydrogen) atoms. The number of piperidine rings is 1. The topological polar surface area (TPSA) is 79.9 Å². The van der Waals surface area contributed by atoms with Crippen LogP contribution < -0.4 is 15.4 Å². The second-order valence-corrected chi connectivity index (χ2v) is 10.7. The summed E-state index contributed by atoms with van der Waals surface area (Å²) in [6, 6.07) is 7.61. The molecule has 2 amide bonds. The van der Waals surface area contributed by atoms with E-state index in [2.05, 4.69) is 41.5 Å². The number of amides is 2. The van der Waals surface area contributed by atoms with Crippen LogP contribution in [0, 0.1) is 11.3 Å². The van der Waals surface area contributed by atoms with E-state index >= 15 is 0 Å². The van der Waals surface area contributed by atoms with E-state index in [1.54, 1.807) is 0 Å². The lowest BCUT2D eigenvalue weighted by atomic mass is 9.73. The van der Waals surface area contributed by atoms with Gasteiger partial charge in [-0.1, -0.05) is 38.5 Å². The lowest BCUT2D eigenvalue weighted by Crippen LogP contribution is -2.55. The zero-order valence-electron chi connectivity index (χ0n) is 22.1. The molecule has 0 unspecified atom stereocenters. The fraction of sp³-hybridized carbons (Fsp3) is 0.714. The molecule has 2 fully saturated rings. The van der Waals surface area contributed by atoms with Crippen LogP contribution in [-0.4, -0.2) is 61.7 Å². The second kappa shape index (κ2) is 13.3. The molecule has 0 aliphatic carbocycles. The summed E-state index contributed by atoms with van der Waals surface area (Å²) in [5, 5.41) is 6.21. The maximum absolute atomic E-state index is 13.8. The number of hydrogen-bond donors (Lipinski definition) is 2. The maximum Gasteiger partial charge on any atom is 0.242 e. The summed E-state index contributed by atoms with van der Waals surface area (Å²) in [5.74, 6) is 1.17. The Hall–Kier alpha value is -2.12. The molecule has 2 aliphatic rings. The van der Waals surface area contributed by atoms with Crippen molar-refractivity contribution in [3.8, 4) is 5.75 Å². The summed E-state index contributed by atoms with van der Waals surface area (Å²) < 4.78 is 11.6. The summed E-state index contributed by atoms with van der Waals surface area (Å²) in [6.07, 6.45) is 4.92. The molecule has 1 spiro atoms. The lowest BCUT2D eigenvalue weighted by molar-refractivity contribution is -0.138. The van der Waals surface area contributed by atoms with E-state index in [9.17, 15) is 9.59 Å². The van der Waals surface area contributed by atoms with Gasteiger partial charge in [0, 0.05) is 24.8 Å². The molecule has 2 heterocycles. The van der Waals surface area contributed by atoms with Crippen molar-refractivity contribution in [1.82, 2.24) is 15.5 Å². The number of ether oxygens (including phenoxy) is 2. The van der Waals surface area contributed by atoms with Crippen LogP contribution in [0.2, 0.25) is 0 Å². The quantitative estimate of drug-likeness (QED) is 0.636. The van der Waals surface area contributed by atoms with Gasteiger partial charge < -0.3 is 20.1 Å². The van der Waals surface area contributed by atoms with E-state index in [1.807, 2.05) is 26.0 Å². The fourth-order valence-electron chi connectivity index (χ4n) is 5.23. The molecule has 0 radical (unpaired) electrons. The van der Waals surface area contributed by atoms with Gasteiger partial charge in [0.2, 0.25) is 11.8 Å². The highest BCUT2D eigenvalue weighted by molar-refractivity contribution is 5.90. The molecule has 7 heteroatoms. The molecule has 2 saturated heterocycles. The summed E-state index contributed by atoms with van der Waals surface area (Å²) in [4.78, 5) is 29.2. The number of hydrogen-bond acceptors (Lipinski definition) is 5. The first-order valence-electron chi connectivity index (χ1n) is 13.4. The van der Waals surface area contributed by atoms with Gasteiger partial charge in [0.1, 0.15) is 11.8 Å². The van der Waals surface area contributed by atoms with Gasteiger partial charge in [-0.3, -0.25) is 14.5 Å². The van der Waals surface area contributed by atoms with Crippen LogP contribution in [0.25, 0.3) is 0 Å². The minimum Gasteiger partial charge on any atom is -0.494 e. The number of nitrogens with zero attached hydrogens (tertiary/aromatic N) is 1. The van der Waals surface area contributed by atoms with Gasteiger partial charge in [-0.2, -0.15) is 0 Å². The van der Waals surface area contributed by atoms with Gasteiger partial charge in [-0.05, 0) is 71.0 Å². The Balaban J connectivity index is 1.72. The molecule has 0 bridgehead atoms. The van der Waals surface area contributed by atoms with Crippen molar-refractivity contribution < 1.29 is 19.1 Å². The van der Waals surface area contributed by atoms with Crippen LogP contribution in [0.1, 0.15) is 71.8 Å². The van der Waals surface area contributed by atoms with Crippen LogP contribution in [0.3, 0.4) is 0 Å². The Labute approximate surface area is 211 Å². The molecule has 2 atom stereocenters. The molecule has 1 aromatic rings. The van der Waals surface area contributed by atoms with Crippen molar-refractivity contribution in [1.29, 1.82) is 0 Å². The summed E-state index contributed by atoms with van der Waals surface area (Å²) in [5.41, 5.74) is 0.745. The summed E-state index contributed by atoms with van der Waals surface area (Å²) >= 11 is 0. The molecule has 2 aliphatic heterocycles. The standard InChI is InChI=1S/C28H45N3O4/c1-5-35-25-11-7-6-10-23(25)19-31-15-13-28(14-16-31)12-8-9-17-34-20-22(4)29-26(32)24(18-21(2)3)30-27(28)33/h6-7,10-11,21-22,24H,5,8-9,12-20H2,1-4H3,(H,29,32)(H,30,33)/t22-,24+/m1/s1. The van der Waals surface area contributed by atoms with Gasteiger partial charge in [0.05, 0.1) is 18.6 Å². The number of likely N-dealkylation sites (tertiary alicyclic amines) is 1. The van der Waals surface area contributed by atoms with E-state index in [1.165, 1.54) is 5.56 Å². The SMILES string of the molecule is CCOc1ccccc1CN1CCC2(CCCCOC[C@@H](C)NC(=O)[C@H](CC(C)C)NC2=O)CC1. The third-order valence-electron chi connectivity index (χ3n) is 7.24. The smallest absolute Gasteiger partial charge is 0.242 e. The number of nitrogens with one attached hydrogen (secondary N) is 2. The highest BCUT2D eigenvalue weighted by Gasteiger charge is 2.42. The van der Waals surface area contributed by atoms with Crippen molar-refractivity contribution in [2.75, 3.05) is 32.9 Å². The highest BCUT2D eigenvalue weighted by atomic mass is 16.5. The van der Waals surface area contributed by atoms with Crippen molar-refractivity contribution in [2.45, 2.75) is 84.8 Å². The predicted molar refractivity (Wildman–Crippen MR) is 138 cm³/mol. The largest absolute Gasteiger partial charge is 0.494 e. The first kappa shape index (κ1) is 27.5. The number of benzene rings is 1. The van der Waals surface area contributed by atoms with Crippen molar-refractivity contribution in [3.63, 3.8) is 0 Å². The third-order valence-corrected chi connectivity index (χ3v) is 7.24. The molecule has 0 aromatic heterocycles. The van der Waals surface area contributed by atoms with E-state index in [0.29, 0.717) is 32.2 Å². The minimum atomic E-state index is -0.515. The maximum atomic E-state index is 13.8. The van der Waals surface area contributed by atoms with Gasteiger partial charge in [0.15, 0.2) is 0 Å². The van der Waals surface area contributed by atoms with Crippen LogP contribution in [0.4, 0.5) is 0 Å². The van der Waals surface area contributed by atoms with E-state index < -0.39 is 11.5 Å². The molecular formula is C28H45N3O4. The number of carbonyl (C=O) groups excluding carboxylic acids is 2. The fourth-order valence-corrected chi connectivity index (χ4v) is 5.23. The predicted octanol–water partition coefficient (Wildman–Crippen LogP) is 3.90. The third kappa shape index (κ3) is 7.94. The molecule has 3 rings (SSSR count). The van der Waals surface area contributed by atoms with Crippen LogP contribution in [0.15, 0.2) is 24.3 Å². The monoisotopic (exact) mass is 487 g/mol. The second-order valence-electron chi connectivity index (χ2n) is 10.7. The molecule has 1 aromatic carbocycles. The molecule has 196 valence electrons. The average molecular weight is 488 g/mol. The summed E-state index contributed by atoms with van der Waals surface area (Å²) in [6.45, 7) is 12.4. The van der Waals surface area contributed by atoms with Crippen molar-refractivity contribution in [2.24, 2.45) is 11.3 Å². The van der Waals surface area contributed by atoms with Crippen LogP contribution >= 0.6 is 0 Å². The molecule has 7 nitrogen and oxygen atoms in total. The first-order valence-corrected chi connectivity index (χ1v) is 13.4. The Morgan fingerprint density at radius 3 is 2.57 bits per heavy atom. The Bertz CT molecular complexity index is 820. The molecular weight excluding hydrogens is 442 g/mol. The van der Waals surface area contributed by atoms with Crippen molar-refractivity contribution in [3.05, 3.63) is 29.8 Å². The normalized spacial score (nSPS) is 24.7. The zero-order chi connectivity index (χ0) is 25.3. The van der Waals surface area contributed by atoms with Gasteiger partial charge in [-0.15, -0.1) is 0 Å². The lowest BCUT2D eigenvalue weighted by Gasteiger charge is -2.41. The average Bonchev–Trinajstić information content (AvgIpc) is 2.83. The first-order chi connectivity index (χ1) is 16.8. The van der Waals surface area contributed by atoms with Gasteiger partial charge in [0.25, 0.3) is 0 Å². The number of para-hydroxylation sites is 1. The molecule has 2 N–H and O–H groups in total. The number of rotatable bonds is 6. The van der Waals surface area contributed by atoms with Crippen LogP contribution in [0.5, 0.6) is 5.75 Å². The minimum absolute atomic E-state index is 0.0421. The van der Waals surface area contributed by atoms with E-state index in [0.717, 1.165) is 57.5 Å². The van der Waals surface area contributed by atoms with Gasteiger partial charge in [-0.25, -0.2) is 0 Å². The van der Waals surface area contributed by atoms with E-state index in [-0.39, 0.29) is 17.9 Å². The number of carbonyl (C=O) groups is 2. The Kier molecular flexibility index (Phi) is 10.4. The zero-order valence-corrected chi connectivity index (χ0v) is 22.1.